The Balaban J connectivity index is 1.82. The predicted octanol–water partition coefficient (Wildman–Crippen LogP) is 3.04. The van der Waals surface area contributed by atoms with Gasteiger partial charge in [-0.3, -0.25) is 25.0 Å². The van der Waals surface area contributed by atoms with Crippen LogP contribution in [-0.2, 0) is 7.05 Å². The molecule has 0 saturated carbocycles. The SMILES string of the molecule is Cn1cnnc1Sc1ccc(C(=O)Nc2ccc([N+](=O)[O-])cc2)cc1[N+](=O)[O-]. The lowest BCUT2D eigenvalue weighted by Crippen LogP contribution is -2.12. The largest absolute Gasteiger partial charge is 0.322 e. The lowest BCUT2D eigenvalue weighted by atomic mass is 10.2. The fourth-order valence-electron chi connectivity index (χ4n) is 2.22. The molecule has 0 bridgehead atoms. The molecule has 0 aliphatic carbocycles. The van der Waals surface area contributed by atoms with Crippen LogP contribution in [0.15, 0.2) is 58.8 Å². The number of amides is 1. The number of benzene rings is 2. The standard InChI is InChI=1S/C16H12N6O5S/c1-20-9-17-19-16(20)28-14-7-2-10(8-13(14)22(26)27)15(23)18-11-3-5-12(6-4-11)21(24)25/h2-9H,1H3,(H,18,23). The van der Waals surface area contributed by atoms with Crippen LogP contribution in [0.3, 0.4) is 0 Å². The van der Waals surface area contributed by atoms with Gasteiger partial charge in [-0.2, -0.15) is 0 Å². The smallest absolute Gasteiger partial charge is 0.284 e. The molecule has 2 aromatic carbocycles. The van der Waals surface area contributed by atoms with E-state index in [4.69, 9.17) is 0 Å². The summed E-state index contributed by atoms with van der Waals surface area (Å²) in [5, 5.41) is 32.7. The lowest BCUT2D eigenvalue weighted by Gasteiger charge is -2.07. The summed E-state index contributed by atoms with van der Waals surface area (Å²) >= 11 is 1.06. The summed E-state index contributed by atoms with van der Waals surface area (Å²) in [6.07, 6.45) is 1.47. The zero-order chi connectivity index (χ0) is 20.3. The molecular formula is C16H12N6O5S. The second-order valence-electron chi connectivity index (χ2n) is 5.52. The third-order valence-corrected chi connectivity index (χ3v) is 4.74. The van der Waals surface area contributed by atoms with Crippen LogP contribution in [-0.4, -0.2) is 30.5 Å². The second-order valence-corrected chi connectivity index (χ2v) is 6.53. The lowest BCUT2D eigenvalue weighted by molar-refractivity contribution is -0.387. The first kappa shape index (κ1) is 19.0. The van der Waals surface area contributed by atoms with Crippen molar-refractivity contribution in [3.8, 4) is 0 Å². The summed E-state index contributed by atoms with van der Waals surface area (Å²) in [6.45, 7) is 0. The zero-order valence-electron chi connectivity index (χ0n) is 14.3. The Morgan fingerprint density at radius 3 is 2.39 bits per heavy atom. The van der Waals surface area contributed by atoms with E-state index in [1.54, 1.807) is 11.6 Å². The third-order valence-electron chi connectivity index (χ3n) is 3.62. The van der Waals surface area contributed by atoms with Gasteiger partial charge >= 0.3 is 0 Å². The molecule has 3 aromatic rings. The number of carbonyl (C=O) groups is 1. The maximum Gasteiger partial charge on any atom is 0.284 e. The third kappa shape index (κ3) is 4.12. The van der Waals surface area contributed by atoms with Crippen molar-refractivity contribution in [3.05, 3.63) is 74.6 Å². The monoisotopic (exact) mass is 400 g/mol. The summed E-state index contributed by atoms with van der Waals surface area (Å²) in [7, 11) is 1.71. The van der Waals surface area contributed by atoms with E-state index >= 15 is 0 Å². The zero-order valence-corrected chi connectivity index (χ0v) is 15.1. The van der Waals surface area contributed by atoms with Gasteiger partial charge in [-0.25, -0.2) is 0 Å². The molecule has 12 heteroatoms. The van der Waals surface area contributed by atoms with Crippen molar-refractivity contribution in [2.75, 3.05) is 5.32 Å². The van der Waals surface area contributed by atoms with Gasteiger partial charge < -0.3 is 9.88 Å². The topological polar surface area (TPSA) is 146 Å². The first-order chi connectivity index (χ1) is 13.3. The summed E-state index contributed by atoms with van der Waals surface area (Å²) in [5.74, 6) is -0.577. The van der Waals surface area contributed by atoms with Gasteiger partial charge in [-0.15, -0.1) is 10.2 Å². The summed E-state index contributed by atoms with van der Waals surface area (Å²) in [6, 6.07) is 9.33. The van der Waals surface area contributed by atoms with E-state index in [0.717, 1.165) is 11.8 Å². The van der Waals surface area contributed by atoms with Crippen LogP contribution in [0, 0.1) is 20.2 Å². The van der Waals surface area contributed by atoms with Crippen molar-refractivity contribution in [3.63, 3.8) is 0 Å². The molecule has 11 nitrogen and oxygen atoms in total. The summed E-state index contributed by atoms with van der Waals surface area (Å²) in [4.78, 5) is 33.7. The quantitative estimate of drug-likeness (QED) is 0.490. The van der Waals surface area contributed by atoms with E-state index in [-0.39, 0.29) is 16.9 Å². The highest BCUT2D eigenvalue weighted by atomic mass is 32.2. The molecule has 1 amide bonds. The molecule has 28 heavy (non-hydrogen) atoms. The number of nitro groups is 2. The molecule has 0 spiro atoms. The second kappa shape index (κ2) is 7.84. The number of aryl methyl sites for hydroxylation is 1. The van der Waals surface area contributed by atoms with Crippen LogP contribution < -0.4 is 5.32 Å². The van der Waals surface area contributed by atoms with E-state index in [9.17, 15) is 25.0 Å². The molecule has 1 aromatic heterocycles. The van der Waals surface area contributed by atoms with E-state index in [1.165, 1.54) is 48.8 Å². The molecule has 1 N–H and O–H groups in total. The first-order valence-corrected chi connectivity index (χ1v) is 8.53. The van der Waals surface area contributed by atoms with Crippen LogP contribution in [0.25, 0.3) is 0 Å². The molecule has 0 fully saturated rings. The minimum absolute atomic E-state index is 0.0763. The molecule has 0 saturated heterocycles. The average Bonchev–Trinajstić information content (AvgIpc) is 3.07. The predicted molar refractivity (Wildman–Crippen MR) is 99.3 cm³/mol. The van der Waals surface area contributed by atoms with Crippen molar-refractivity contribution in [2.24, 2.45) is 7.05 Å². The van der Waals surface area contributed by atoms with Gasteiger partial charge in [0.15, 0.2) is 5.16 Å². The Kier molecular flexibility index (Phi) is 5.31. The Bertz CT molecular complexity index is 1070. The number of carbonyl (C=O) groups excluding carboxylic acids is 1. The molecule has 0 radical (unpaired) electrons. The van der Waals surface area contributed by atoms with Gasteiger partial charge in [-0.05, 0) is 36.0 Å². The number of hydrogen-bond donors (Lipinski definition) is 1. The van der Waals surface area contributed by atoms with E-state index < -0.39 is 15.8 Å². The van der Waals surface area contributed by atoms with Gasteiger partial charge in [0.25, 0.3) is 17.3 Å². The number of hydrogen-bond acceptors (Lipinski definition) is 8. The van der Waals surface area contributed by atoms with Crippen LogP contribution in [0.1, 0.15) is 10.4 Å². The minimum Gasteiger partial charge on any atom is -0.322 e. The molecule has 1 heterocycles. The maximum absolute atomic E-state index is 12.4. The Morgan fingerprint density at radius 1 is 1.11 bits per heavy atom. The van der Waals surface area contributed by atoms with Crippen LogP contribution in [0.5, 0.6) is 0 Å². The Morgan fingerprint density at radius 2 is 1.82 bits per heavy atom. The number of nitrogens with zero attached hydrogens (tertiary/aromatic N) is 5. The number of aromatic nitrogens is 3. The van der Waals surface area contributed by atoms with Crippen molar-refractivity contribution in [1.29, 1.82) is 0 Å². The van der Waals surface area contributed by atoms with Gasteiger partial charge in [0, 0.05) is 36.5 Å². The van der Waals surface area contributed by atoms with Crippen LogP contribution in [0.4, 0.5) is 17.1 Å². The number of non-ortho nitro benzene ring substituents is 1. The molecule has 0 aliphatic heterocycles. The van der Waals surface area contributed by atoms with Gasteiger partial charge in [0.1, 0.15) is 6.33 Å². The minimum atomic E-state index is -0.582. The van der Waals surface area contributed by atoms with E-state index in [2.05, 4.69) is 15.5 Å². The fourth-order valence-corrected chi connectivity index (χ4v) is 3.07. The molecule has 0 unspecified atom stereocenters. The number of rotatable bonds is 6. The number of anilines is 1. The molecule has 142 valence electrons. The van der Waals surface area contributed by atoms with Crippen molar-refractivity contribution >= 4 is 34.7 Å². The van der Waals surface area contributed by atoms with Crippen LogP contribution >= 0.6 is 11.8 Å². The molecule has 0 aliphatic rings. The van der Waals surface area contributed by atoms with Crippen molar-refractivity contribution in [2.45, 2.75) is 10.1 Å². The maximum atomic E-state index is 12.4. The van der Waals surface area contributed by atoms with Crippen molar-refractivity contribution < 1.29 is 14.6 Å². The highest BCUT2D eigenvalue weighted by Crippen LogP contribution is 2.34. The normalized spacial score (nSPS) is 10.5. The number of nitrogens with one attached hydrogen (secondary N) is 1. The first-order valence-electron chi connectivity index (χ1n) is 7.71. The van der Waals surface area contributed by atoms with E-state index in [0.29, 0.717) is 15.7 Å². The summed E-state index contributed by atoms with van der Waals surface area (Å²) in [5.41, 5.74) is 0.0475. The van der Waals surface area contributed by atoms with Gasteiger partial charge in [-0.1, -0.05) is 0 Å². The average molecular weight is 400 g/mol. The number of nitro benzene ring substituents is 2. The summed E-state index contributed by atoms with van der Waals surface area (Å²) < 4.78 is 1.61. The molecule has 0 atom stereocenters. The van der Waals surface area contributed by atoms with E-state index in [1.807, 2.05) is 0 Å². The van der Waals surface area contributed by atoms with Gasteiger partial charge in [0.2, 0.25) is 0 Å². The Hall–Kier alpha value is -3.80. The molecule has 3 rings (SSSR count). The van der Waals surface area contributed by atoms with Crippen LogP contribution in [0.2, 0.25) is 0 Å². The Labute approximate surface area is 161 Å². The van der Waals surface area contributed by atoms with Gasteiger partial charge in [0.05, 0.1) is 14.7 Å². The molecular weight excluding hydrogens is 388 g/mol. The van der Waals surface area contributed by atoms with Crippen molar-refractivity contribution in [1.82, 2.24) is 14.8 Å². The fraction of sp³-hybridized carbons (Fsp3) is 0.0625. The highest BCUT2D eigenvalue weighted by Gasteiger charge is 2.20. The highest BCUT2D eigenvalue weighted by molar-refractivity contribution is 7.99.